The third kappa shape index (κ3) is 5.96. The molecule has 0 spiro atoms. The van der Waals surface area contributed by atoms with Gasteiger partial charge in [0.05, 0.1) is 20.1 Å². The van der Waals surface area contributed by atoms with Crippen LogP contribution in [-0.4, -0.2) is 25.8 Å². The van der Waals surface area contributed by atoms with E-state index in [4.69, 9.17) is 9.47 Å². The van der Waals surface area contributed by atoms with Crippen LogP contribution in [0.15, 0.2) is 60.7 Å². The van der Waals surface area contributed by atoms with Crippen LogP contribution in [0.25, 0.3) is 12.2 Å². The van der Waals surface area contributed by atoms with Crippen molar-refractivity contribution < 1.29 is 19.1 Å². The Kier molecular flexibility index (Phi) is 7.56. The third-order valence-corrected chi connectivity index (χ3v) is 4.21. The summed E-state index contributed by atoms with van der Waals surface area (Å²) in [4.78, 5) is 24.8. The molecule has 0 aliphatic heterocycles. The predicted octanol–water partition coefficient (Wildman–Crippen LogP) is 4.59. The average molecular weight is 364 g/mol. The van der Waals surface area contributed by atoms with Crippen molar-refractivity contribution in [2.24, 2.45) is 5.92 Å². The van der Waals surface area contributed by atoms with Gasteiger partial charge < -0.3 is 9.47 Å². The number of methoxy groups -OCH3 is 2. The van der Waals surface area contributed by atoms with Gasteiger partial charge in [-0.05, 0) is 54.0 Å². The molecule has 27 heavy (non-hydrogen) atoms. The molecule has 2 aromatic carbocycles. The van der Waals surface area contributed by atoms with Gasteiger partial charge in [0.25, 0.3) is 0 Å². The second-order valence-electron chi connectivity index (χ2n) is 5.98. The van der Waals surface area contributed by atoms with Crippen LogP contribution in [0.5, 0.6) is 11.5 Å². The van der Waals surface area contributed by atoms with E-state index in [-0.39, 0.29) is 11.6 Å². The van der Waals surface area contributed by atoms with E-state index in [1.54, 1.807) is 26.4 Å². The zero-order valence-electron chi connectivity index (χ0n) is 15.8. The minimum Gasteiger partial charge on any atom is -0.497 e. The molecule has 2 aromatic rings. The van der Waals surface area contributed by atoms with Crippen molar-refractivity contribution in [1.29, 1.82) is 0 Å². The van der Waals surface area contributed by atoms with Crippen molar-refractivity contribution in [2.45, 2.75) is 13.3 Å². The Hall–Kier alpha value is -3.14. The molecule has 0 bridgehead atoms. The number of allylic oxidation sites excluding steroid dienone is 2. The summed E-state index contributed by atoms with van der Waals surface area (Å²) < 4.78 is 10.2. The Morgan fingerprint density at radius 2 is 1.15 bits per heavy atom. The number of ether oxygens (including phenoxy) is 2. The number of hydrogen-bond donors (Lipinski definition) is 0. The largest absolute Gasteiger partial charge is 0.497 e. The van der Waals surface area contributed by atoms with Gasteiger partial charge in [-0.2, -0.15) is 0 Å². The zero-order valence-corrected chi connectivity index (χ0v) is 15.8. The van der Waals surface area contributed by atoms with Crippen LogP contribution in [-0.2, 0) is 9.59 Å². The van der Waals surface area contributed by atoms with E-state index in [9.17, 15) is 9.59 Å². The topological polar surface area (TPSA) is 52.6 Å². The first-order valence-electron chi connectivity index (χ1n) is 8.79. The van der Waals surface area contributed by atoms with Crippen LogP contribution in [0, 0.1) is 5.92 Å². The molecular weight excluding hydrogens is 340 g/mol. The van der Waals surface area contributed by atoms with Crippen LogP contribution < -0.4 is 9.47 Å². The highest BCUT2D eigenvalue weighted by Gasteiger charge is 2.20. The third-order valence-electron chi connectivity index (χ3n) is 4.21. The van der Waals surface area contributed by atoms with Crippen molar-refractivity contribution in [1.82, 2.24) is 0 Å². The van der Waals surface area contributed by atoms with Crippen molar-refractivity contribution in [2.75, 3.05) is 14.2 Å². The quantitative estimate of drug-likeness (QED) is 0.482. The van der Waals surface area contributed by atoms with Crippen LogP contribution in [0.3, 0.4) is 0 Å². The first kappa shape index (κ1) is 20.2. The molecule has 0 heterocycles. The van der Waals surface area contributed by atoms with E-state index in [0.29, 0.717) is 6.42 Å². The zero-order chi connectivity index (χ0) is 19.6. The van der Waals surface area contributed by atoms with Gasteiger partial charge >= 0.3 is 0 Å². The summed E-state index contributed by atoms with van der Waals surface area (Å²) in [5.74, 6) is 0.442. The SMILES string of the molecule is CCC(C(=O)/C=C/c1ccc(OC)cc1)C(=O)/C=C/c1ccc(OC)cc1. The molecule has 0 aliphatic carbocycles. The van der Waals surface area contributed by atoms with Crippen molar-refractivity contribution in [3.05, 3.63) is 71.8 Å². The van der Waals surface area contributed by atoms with Gasteiger partial charge in [0.15, 0.2) is 11.6 Å². The Bertz CT molecular complexity index is 745. The van der Waals surface area contributed by atoms with E-state index in [2.05, 4.69) is 0 Å². The van der Waals surface area contributed by atoms with E-state index in [1.165, 1.54) is 12.2 Å². The second-order valence-corrected chi connectivity index (χ2v) is 5.98. The lowest BCUT2D eigenvalue weighted by Gasteiger charge is -2.07. The fourth-order valence-electron chi connectivity index (χ4n) is 2.56. The minimum absolute atomic E-state index is 0.197. The summed E-state index contributed by atoms with van der Waals surface area (Å²) in [5.41, 5.74) is 1.75. The lowest BCUT2D eigenvalue weighted by Crippen LogP contribution is -2.20. The van der Waals surface area contributed by atoms with Crippen molar-refractivity contribution in [3.8, 4) is 11.5 Å². The lowest BCUT2D eigenvalue weighted by atomic mass is 9.94. The Morgan fingerprint density at radius 3 is 1.44 bits per heavy atom. The van der Waals surface area contributed by atoms with Crippen molar-refractivity contribution in [3.63, 3.8) is 0 Å². The number of carbonyl (C=O) groups is 2. The number of carbonyl (C=O) groups excluding carboxylic acids is 2. The van der Waals surface area contributed by atoms with Crippen molar-refractivity contribution >= 4 is 23.7 Å². The highest BCUT2D eigenvalue weighted by molar-refractivity contribution is 6.13. The molecule has 4 nitrogen and oxygen atoms in total. The molecule has 0 unspecified atom stereocenters. The van der Waals surface area contributed by atoms with E-state index in [0.717, 1.165) is 22.6 Å². The van der Waals surface area contributed by atoms with Crippen LogP contribution in [0.4, 0.5) is 0 Å². The first-order valence-corrected chi connectivity index (χ1v) is 8.79. The molecule has 0 radical (unpaired) electrons. The summed E-state index contributed by atoms with van der Waals surface area (Å²) in [6, 6.07) is 14.7. The summed E-state index contributed by atoms with van der Waals surface area (Å²) >= 11 is 0. The summed E-state index contributed by atoms with van der Waals surface area (Å²) in [7, 11) is 3.20. The molecular formula is C23H24O4. The average Bonchev–Trinajstić information content (AvgIpc) is 2.72. The molecule has 0 saturated carbocycles. The molecule has 0 N–H and O–H groups in total. The number of ketones is 2. The summed E-state index contributed by atoms with van der Waals surface area (Å²) in [6.07, 6.45) is 6.82. The van der Waals surface area contributed by atoms with Crippen LogP contribution in [0.2, 0.25) is 0 Å². The van der Waals surface area contributed by atoms with Crippen LogP contribution in [0.1, 0.15) is 24.5 Å². The monoisotopic (exact) mass is 364 g/mol. The van der Waals surface area contributed by atoms with E-state index >= 15 is 0 Å². The normalized spacial score (nSPS) is 11.3. The maximum Gasteiger partial charge on any atom is 0.166 e. The minimum atomic E-state index is -0.672. The molecule has 0 fully saturated rings. The van der Waals surface area contributed by atoms with Gasteiger partial charge in [-0.25, -0.2) is 0 Å². The van der Waals surface area contributed by atoms with Gasteiger partial charge in [0.1, 0.15) is 11.5 Å². The highest BCUT2D eigenvalue weighted by atomic mass is 16.5. The second kappa shape index (κ2) is 10.1. The molecule has 0 atom stereocenters. The number of benzene rings is 2. The van der Waals surface area contributed by atoms with Crippen LogP contribution >= 0.6 is 0 Å². The van der Waals surface area contributed by atoms with Gasteiger partial charge in [0, 0.05) is 0 Å². The molecule has 140 valence electrons. The number of hydrogen-bond acceptors (Lipinski definition) is 4. The number of rotatable bonds is 9. The maximum absolute atomic E-state index is 12.4. The molecule has 0 aliphatic rings. The Labute approximate surface area is 160 Å². The fourth-order valence-corrected chi connectivity index (χ4v) is 2.56. The van der Waals surface area contributed by atoms with Gasteiger partial charge in [-0.1, -0.05) is 43.3 Å². The predicted molar refractivity (Wildman–Crippen MR) is 108 cm³/mol. The summed E-state index contributed by atoms with van der Waals surface area (Å²) in [5, 5.41) is 0. The molecule has 0 saturated heterocycles. The summed E-state index contributed by atoms with van der Waals surface area (Å²) in [6.45, 7) is 1.84. The molecule has 2 rings (SSSR count). The maximum atomic E-state index is 12.4. The molecule has 0 amide bonds. The Morgan fingerprint density at radius 1 is 0.778 bits per heavy atom. The standard InChI is InChI=1S/C23H24O4/c1-4-21(22(24)15-9-17-5-11-19(26-2)12-6-17)23(25)16-10-18-7-13-20(27-3)14-8-18/h5-16,21H,4H2,1-3H3/b15-9+,16-10+. The fraction of sp³-hybridized carbons (Fsp3) is 0.217. The van der Waals surface area contributed by atoms with Gasteiger partial charge in [-0.3, -0.25) is 9.59 Å². The molecule has 0 aromatic heterocycles. The highest BCUT2D eigenvalue weighted by Crippen LogP contribution is 2.16. The van der Waals surface area contributed by atoms with Gasteiger partial charge in [-0.15, -0.1) is 0 Å². The van der Waals surface area contributed by atoms with E-state index < -0.39 is 5.92 Å². The van der Waals surface area contributed by atoms with E-state index in [1.807, 2.05) is 55.5 Å². The lowest BCUT2D eigenvalue weighted by molar-refractivity contribution is -0.127. The van der Waals surface area contributed by atoms with Gasteiger partial charge in [0.2, 0.25) is 0 Å². The first-order chi connectivity index (χ1) is 13.1. The smallest absolute Gasteiger partial charge is 0.166 e. The molecule has 4 heteroatoms. The Balaban J connectivity index is 2.02.